The first kappa shape index (κ1) is 55.2. The van der Waals surface area contributed by atoms with E-state index >= 15 is 0 Å². The molecule has 0 saturated carbocycles. The average Bonchev–Trinajstić information content (AvgIpc) is 3.18. The van der Waals surface area contributed by atoms with Gasteiger partial charge in [-0.25, -0.2) is 0 Å². The lowest BCUT2D eigenvalue weighted by Gasteiger charge is -2.21. The molecule has 0 bridgehead atoms. The van der Waals surface area contributed by atoms with E-state index in [1.807, 2.05) is 0 Å². The lowest BCUT2D eigenvalue weighted by atomic mass is 10.1. The van der Waals surface area contributed by atoms with E-state index in [0.29, 0.717) is 12.8 Å². The summed E-state index contributed by atoms with van der Waals surface area (Å²) in [6, 6.07) is -1.02. The lowest BCUT2D eigenvalue weighted by molar-refractivity contribution is -0.147. The normalized spacial score (nSPS) is 12.6. The van der Waals surface area contributed by atoms with Gasteiger partial charge in [0, 0.05) is 32.5 Å². The van der Waals surface area contributed by atoms with Gasteiger partial charge in [-0.1, -0.05) is 141 Å². The standard InChI is InChI=1S/C45H86N2O9S/c1-3-5-7-9-11-13-15-17-19-21-23-25-27-29-31-33-44(50)54-41-43(46-57(52,53)56-40-37-47(35-38-48)36-39-49)42-55-45(51)34-32-30-28-26-24-22-20-18-16-14-12-10-8-6-4-2/h17-20,43,46,48-49H,3-16,21-42H2,1-2H3. The fourth-order valence-corrected chi connectivity index (χ4v) is 7.37. The third kappa shape index (κ3) is 40.7. The number of carbonyl (C=O) groups is 2. The van der Waals surface area contributed by atoms with Crippen LogP contribution < -0.4 is 4.72 Å². The number of nitrogens with one attached hydrogen (secondary N) is 1. The second kappa shape index (κ2) is 42.3. The molecule has 57 heavy (non-hydrogen) atoms. The number of rotatable bonds is 44. The van der Waals surface area contributed by atoms with E-state index in [1.165, 1.54) is 89.9 Å². The minimum atomic E-state index is -4.28. The van der Waals surface area contributed by atoms with Crippen LogP contribution in [0.15, 0.2) is 24.3 Å². The quantitative estimate of drug-likeness (QED) is 0.0308. The number of hydrogen-bond donors (Lipinski definition) is 3. The van der Waals surface area contributed by atoms with E-state index in [1.54, 1.807) is 4.90 Å². The Labute approximate surface area is 349 Å². The summed E-state index contributed by atoms with van der Waals surface area (Å²) in [5.74, 6) is -0.859. The fraction of sp³-hybridized carbons (Fsp3) is 0.867. The molecule has 11 nitrogen and oxygen atoms in total. The van der Waals surface area contributed by atoms with E-state index in [-0.39, 0.29) is 65.5 Å². The van der Waals surface area contributed by atoms with Gasteiger partial charge in [0.2, 0.25) is 0 Å². The van der Waals surface area contributed by atoms with Gasteiger partial charge in [0.15, 0.2) is 0 Å². The Hall–Kier alpha value is -1.83. The van der Waals surface area contributed by atoms with Crippen LogP contribution in [0.2, 0.25) is 0 Å². The molecule has 0 amide bonds. The molecule has 0 fully saturated rings. The Morgan fingerprint density at radius 1 is 0.544 bits per heavy atom. The maximum absolute atomic E-state index is 12.7. The predicted octanol–water partition coefficient (Wildman–Crippen LogP) is 9.65. The Morgan fingerprint density at radius 3 is 1.26 bits per heavy atom. The average molecular weight is 831 g/mol. The molecule has 0 aliphatic rings. The monoisotopic (exact) mass is 831 g/mol. The van der Waals surface area contributed by atoms with Crippen LogP contribution >= 0.6 is 0 Å². The molecule has 0 aliphatic carbocycles. The molecular weight excluding hydrogens is 745 g/mol. The molecule has 0 atom stereocenters. The summed E-state index contributed by atoms with van der Waals surface area (Å²) >= 11 is 0. The van der Waals surface area contributed by atoms with Crippen molar-refractivity contribution < 1.29 is 41.9 Å². The van der Waals surface area contributed by atoms with Crippen molar-refractivity contribution in [3.63, 3.8) is 0 Å². The van der Waals surface area contributed by atoms with Crippen LogP contribution in [0.1, 0.15) is 194 Å². The number of aliphatic hydroxyl groups excluding tert-OH is 2. The first-order valence-electron chi connectivity index (χ1n) is 23.0. The van der Waals surface area contributed by atoms with Gasteiger partial charge < -0.3 is 19.7 Å². The van der Waals surface area contributed by atoms with Crippen LogP contribution in [-0.4, -0.2) is 94.2 Å². The van der Waals surface area contributed by atoms with Gasteiger partial charge in [0.05, 0.1) is 25.9 Å². The highest BCUT2D eigenvalue weighted by atomic mass is 32.2. The minimum Gasteiger partial charge on any atom is -0.464 e. The molecule has 0 aliphatic heterocycles. The molecule has 0 radical (unpaired) electrons. The molecule has 0 aromatic rings. The van der Waals surface area contributed by atoms with Crippen molar-refractivity contribution in [1.82, 2.24) is 9.62 Å². The highest BCUT2D eigenvalue weighted by molar-refractivity contribution is 7.84. The van der Waals surface area contributed by atoms with Gasteiger partial charge in [0.1, 0.15) is 13.2 Å². The van der Waals surface area contributed by atoms with Crippen molar-refractivity contribution in [2.45, 2.75) is 200 Å². The highest BCUT2D eigenvalue weighted by Crippen LogP contribution is 2.13. The summed E-state index contributed by atoms with van der Waals surface area (Å²) in [5.41, 5.74) is 0. The molecule has 0 aromatic carbocycles. The number of nitrogens with zero attached hydrogens (tertiary/aromatic N) is 1. The van der Waals surface area contributed by atoms with E-state index in [9.17, 15) is 28.2 Å². The zero-order valence-corrected chi connectivity index (χ0v) is 37.3. The predicted molar refractivity (Wildman–Crippen MR) is 233 cm³/mol. The topological polar surface area (TPSA) is 152 Å². The molecule has 3 N–H and O–H groups in total. The van der Waals surface area contributed by atoms with Gasteiger partial charge in [0.25, 0.3) is 0 Å². The number of aliphatic hydroxyl groups is 2. The van der Waals surface area contributed by atoms with Crippen LogP contribution in [0.3, 0.4) is 0 Å². The number of ether oxygens (including phenoxy) is 2. The van der Waals surface area contributed by atoms with Crippen molar-refractivity contribution in [2.24, 2.45) is 0 Å². The lowest BCUT2D eigenvalue weighted by Crippen LogP contribution is -2.44. The van der Waals surface area contributed by atoms with E-state index in [4.69, 9.17) is 13.7 Å². The molecule has 0 rings (SSSR count). The summed E-state index contributed by atoms with van der Waals surface area (Å²) < 4.78 is 43.7. The Morgan fingerprint density at radius 2 is 0.895 bits per heavy atom. The molecule has 336 valence electrons. The Balaban J connectivity index is 4.50. The summed E-state index contributed by atoms with van der Waals surface area (Å²) in [6.07, 6.45) is 39.8. The van der Waals surface area contributed by atoms with Crippen LogP contribution in [0.4, 0.5) is 0 Å². The SMILES string of the molecule is CCCCCCCCC=CCCCCCCCC(=O)OCC(COC(=O)CCCCCCCC=CCCCCCCCC)NS(=O)(=O)OCCN(CCO)CCO. The van der Waals surface area contributed by atoms with Crippen molar-refractivity contribution in [3.05, 3.63) is 24.3 Å². The summed E-state index contributed by atoms with van der Waals surface area (Å²) in [4.78, 5) is 26.7. The van der Waals surface area contributed by atoms with Gasteiger partial charge in [-0.3, -0.25) is 18.7 Å². The first-order valence-corrected chi connectivity index (χ1v) is 24.4. The highest BCUT2D eigenvalue weighted by Gasteiger charge is 2.22. The summed E-state index contributed by atoms with van der Waals surface area (Å²) in [7, 11) is -4.28. The van der Waals surface area contributed by atoms with Gasteiger partial charge >= 0.3 is 22.2 Å². The van der Waals surface area contributed by atoms with Gasteiger partial charge in [-0.05, 0) is 64.2 Å². The van der Waals surface area contributed by atoms with Crippen LogP contribution in [0.25, 0.3) is 0 Å². The van der Waals surface area contributed by atoms with Gasteiger partial charge in [-0.15, -0.1) is 0 Å². The molecule has 0 spiro atoms. The molecular formula is C45H86N2O9S. The summed E-state index contributed by atoms with van der Waals surface area (Å²) in [6.45, 7) is 4.09. The van der Waals surface area contributed by atoms with Crippen LogP contribution in [-0.2, 0) is 33.6 Å². The fourth-order valence-electron chi connectivity index (χ4n) is 6.46. The number of esters is 2. The van der Waals surface area contributed by atoms with Crippen molar-refractivity contribution in [3.8, 4) is 0 Å². The third-order valence-corrected chi connectivity index (χ3v) is 11.1. The molecule has 12 heteroatoms. The van der Waals surface area contributed by atoms with Crippen molar-refractivity contribution in [1.29, 1.82) is 0 Å². The molecule has 0 heterocycles. The van der Waals surface area contributed by atoms with Crippen molar-refractivity contribution in [2.75, 3.05) is 52.7 Å². The molecule has 0 unspecified atom stereocenters. The van der Waals surface area contributed by atoms with Gasteiger partial charge in [-0.2, -0.15) is 13.1 Å². The second-order valence-electron chi connectivity index (χ2n) is 15.4. The minimum absolute atomic E-state index is 0.141. The number of hydrogen-bond acceptors (Lipinski definition) is 10. The first-order chi connectivity index (χ1) is 27.8. The maximum atomic E-state index is 12.7. The van der Waals surface area contributed by atoms with Crippen molar-refractivity contribution >= 4 is 22.2 Å². The molecule has 0 saturated heterocycles. The zero-order chi connectivity index (χ0) is 41.9. The maximum Gasteiger partial charge on any atom is 0.336 e. The third-order valence-electron chi connectivity index (χ3n) is 9.97. The van der Waals surface area contributed by atoms with Crippen LogP contribution in [0.5, 0.6) is 0 Å². The summed E-state index contributed by atoms with van der Waals surface area (Å²) in [5, 5.41) is 18.4. The van der Waals surface area contributed by atoms with E-state index in [0.717, 1.165) is 64.2 Å². The smallest absolute Gasteiger partial charge is 0.336 e. The van der Waals surface area contributed by atoms with E-state index in [2.05, 4.69) is 42.9 Å². The zero-order valence-electron chi connectivity index (χ0n) is 36.5. The molecule has 0 aromatic heterocycles. The van der Waals surface area contributed by atoms with E-state index < -0.39 is 28.3 Å². The van der Waals surface area contributed by atoms with Crippen LogP contribution in [0, 0.1) is 0 Å². The number of allylic oxidation sites excluding steroid dienone is 4. The second-order valence-corrected chi connectivity index (χ2v) is 16.8. The number of carbonyl (C=O) groups excluding carboxylic acids is 2. The largest absolute Gasteiger partial charge is 0.464 e. The number of unbranched alkanes of at least 4 members (excludes halogenated alkanes) is 22. The Kier molecular flexibility index (Phi) is 40.9. The Bertz CT molecular complexity index is 1010.